The lowest BCUT2D eigenvalue weighted by atomic mass is 10.1. The van der Waals surface area contributed by atoms with Crippen LogP contribution in [0.25, 0.3) is 0 Å². The SMILES string of the molecule is CNc1ccc(C(=O)NC2CCS(=O)(=O)CC2)cc1C. The Balaban J connectivity index is 2.00. The number of aryl methyl sites for hydroxylation is 1. The molecule has 2 N–H and O–H groups in total. The first-order chi connectivity index (χ1) is 9.41. The number of nitrogens with one attached hydrogen (secondary N) is 2. The number of hydrogen-bond donors (Lipinski definition) is 2. The lowest BCUT2D eigenvalue weighted by Gasteiger charge is -2.23. The van der Waals surface area contributed by atoms with E-state index in [1.165, 1.54) is 0 Å². The van der Waals surface area contributed by atoms with E-state index < -0.39 is 9.84 Å². The van der Waals surface area contributed by atoms with E-state index in [9.17, 15) is 13.2 Å². The Morgan fingerprint density at radius 2 is 1.90 bits per heavy atom. The van der Waals surface area contributed by atoms with Gasteiger partial charge in [-0.2, -0.15) is 0 Å². The molecule has 1 saturated heterocycles. The Hall–Kier alpha value is -1.56. The maximum Gasteiger partial charge on any atom is 0.251 e. The molecule has 1 fully saturated rings. The fourth-order valence-electron chi connectivity index (χ4n) is 2.39. The standard InChI is InChI=1S/C14H20N2O3S/c1-10-9-11(3-4-13(10)15-2)14(17)16-12-5-7-20(18,19)8-6-12/h3-4,9,12,15H,5-8H2,1-2H3,(H,16,17). The monoisotopic (exact) mass is 296 g/mol. The average Bonchev–Trinajstić information content (AvgIpc) is 2.41. The molecule has 1 heterocycles. The van der Waals surface area contributed by atoms with Gasteiger partial charge in [-0.15, -0.1) is 0 Å². The van der Waals surface area contributed by atoms with Gasteiger partial charge in [0, 0.05) is 24.3 Å². The smallest absolute Gasteiger partial charge is 0.251 e. The molecule has 0 aliphatic carbocycles. The number of benzene rings is 1. The third-order valence-corrected chi connectivity index (χ3v) is 5.36. The lowest BCUT2D eigenvalue weighted by molar-refractivity contribution is 0.0934. The Morgan fingerprint density at radius 3 is 2.45 bits per heavy atom. The number of rotatable bonds is 3. The summed E-state index contributed by atoms with van der Waals surface area (Å²) in [7, 11) is -1.05. The topological polar surface area (TPSA) is 75.3 Å². The van der Waals surface area contributed by atoms with E-state index in [-0.39, 0.29) is 23.5 Å². The van der Waals surface area contributed by atoms with Crippen LogP contribution in [0.1, 0.15) is 28.8 Å². The van der Waals surface area contributed by atoms with E-state index in [2.05, 4.69) is 10.6 Å². The minimum Gasteiger partial charge on any atom is -0.388 e. The van der Waals surface area contributed by atoms with Crippen LogP contribution < -0.4 is 10.6 Å². The van der Waals surface area contributed by atoms with Crippen LogP contribution in [0.2, 0.25) is 0 Å². The quantitative estimate of drug-likeness (QED) is 0.882. The summed E-state index contributed by atoms with van der Waals surface area (Å²) in [6.45, 7) is 1.94. The van der Waals surface area contributed by atoms with E-state index >= 15 is 0 Å². The summed E-state index contributed by atoms with van der Waals surface area (Å²) in [5, 5.41) is 5.97. The molecule has 0 aromatic heterocycles. The lowest BCUT2D eigenvalue weighted by Crippen LogP contribution is -2.40. The predicted molar refractivity (Wildman–Crippen MR) is 79.9 cm³/mol. The predicted octanol–water partition coefficient (Wildman–Crippen LogP) is 1.34. The molecular weight excluding hydrogens is 276 g/mol. The van der Waals surface area contributed by atoms with Gasteiger partial charge in [0.05, 0.1) is 11.5 Å². The van der Waals surface area contributed by atoms with Crippen LogP contribution in [-0.2, 0) is 9.84 Å². The second kappa shape index (κ2) is 5.83. The maximum absolute atomic E-state index is 12.1. The minimum absolute atomic E-state index is 0.0460. The van der Waals surface area contributed by atoms with Gasteiger partial charge in [0.2, 0.25) is 0 Å². The minimum atomic E-state index is -2.89. The molecule has 110 valence electrons. The molecule has 5 nitrogen and oxygen atoms in total. The summed E-state index contributed by atoms with van der Waals surface area (Å²) in [6.07, 6.45) is 1.00. The van der Waals surface area contributed by atoms with Crippen LogP contribution in [-0.4, -0.2) is 38.9 Å². The summed E-state index contributed by atoms with van der Waals surface area (Å²) in [4.78, 5) is 12.1. The Morgan fingerprint density at radius 1 is 1.25 bits per heavy atom. The van der Waals surface area contributed by atoms with Crippen LogP contribution >= 0.6 is 0 Å². The van der Waals surface area contributed by atoms with Crippen molar-refractivity contribution in [2.24, 2.45) is 0 Å². The second-order valence-corrected chi connectivity index (χ2v) is 7.48. The summed E-state index contributed by atoms with van der Waals surface area (Å²) in [6, 6.07) is 5.43. The number of anilines is 1. The van der Waals surface area contributed by atoms with E-state index in [0.717, 1.165) is 11.3 Å². The summed E-state index contributed by atoms with van der Waals surface area (Å²) < 4.78 is 22.7. The van der Waals surface area contributed by atoms with Crippen LogP contribution in [0.3, 0.4) is 0 Å². The molecule has 20 heavy (non-hydrogen) atoms. The van der Waals surface area contributed by atoms with Crippen LogP contribution in [0.15, 0.2) is 18.2 Å². The normalized spacial score (nSPS) is 18.5. The van der Waals surface area contributed by atoms with Gasteiger partial charge >= 0.3 is 0 Å². The van der Waals surface area contributed by atoms with Gasteiger partial charge in [-0.25, -0.2) is 8.42 Å². The highest BCUT2D eigenvalue weighted by molar-refractivity contribution is 7.91. The van der Waals surface area contributed by atoms with Crippen molar-refractivity contribution in [2.75, 3.05) is 23.9 Å². The van der Waals surface area contributed by atoms with Crippen LogP contribution in [0, 0.1) is 6.92 Å². The number of carbonyl (C=O) groups is 1. The van der Waals surface area contributed by atoms with Gasteiger partial charge in [0.1, 0.15) is 9.84 Å². The van der Waals surface area contributed by atoms with Crippen molar-refractivity contribution >= 4 is 21.4 Å². The Labute approximate surface area is 119 Å². The fraction of sp³-hybridized carbons (Fsp3) is 0.500. The molecule has 0 spiro atoms. The Bertz CT molecular complexity index is 597. The van der Waals surface area contributed by atoms with Gasteiger partial charge in [0.15, 0.2) is 0 Å². The van der Waals surface area contributed by atoms with E-state index in [4.69, 9.17) is 0 Å². The molecule has 0 radical (unpaired) electrons. The molecule has 1 aromatic rings. The van der Waals surface area contributed by atoms with Crippen molar-refractivity contribution < 1.29 is 13.2 Å². The maximum atomic E-state index is 12.1. The fourth-order valence-corrected chi connectivity index (χ4v) is 3.88. The van der Waals surface area contributed by atoms with Gasteiger partial charge in [0.25, 0.3) is 5.91 Å². The van der Waals surface area contributed by atoms with E-state index in [1.54, 1.807) is 6.07 Å². The average molecular weight is 296 g/mol. The molecule has 1 aliphatic rings. The van der Waals surface area contributed by atoms with Crippen molar-refractivity contribution in [3.8, 4) is 0 Å². The van der Waals surface area contributed by atoms with Crippen molar-refractivity contribution in [3.05, 3.63) is 29.3 Å². The van der Waals surface area contributed by atoms with Crippen LogP contribution in [0.5, 0.6) is 0 Å². The van der Waals surface area contributed by atoms with E-state index in [0.29, 0.717) is 18.4 Å². The van der Waals surface area contributed by atoms with Crippen LogP contribution in [0.4, 0.5) is 5.69 Å². The van der Waals surface area contributed by atoms with E-state index in [1.807, 2.05) is 26.1 Å². The zero-order valence-corrected chi connectivity index (χ0v) is 12.6. The number of carbonyl (C=O) groups excluding carboxylic acids is 1. The van der Waals surface area contributed by atoms with Gasteiger partial charge < -0.3 is 10.6 Å². The summed E-state index contributed by atoms with van der Waals surface area (Å²) in [5.74, 6) is 0.186. The molecule has 2 rings (SSSR count). The third-order valence-electron chi connectivity index (χ3n) is 3.65. The van der Waals surface area contributed by atoms with Crippen molar-refractivity contribution in [3.63, 3.8) is 0 Å². The zero-order chi connectivity index (χ0) is 14.8. The third kappa shape index (κ3) is 3.50. The molecular formula is C14H20N2O3S. The second-order valence-electron chi connectivity index (χ2n) is 5.18. The molecule has 0 unspecified atom stereocenters. The molecule has 0 bridgehead atoms. The molecule has 6 heteroatoms. The number of hydrogen-bond acceptors (Lipinski definition) is 4. The molecule has 1 aliphatic heterocycles. The Kier molecular flexibility index (Phi) is 4.32. The number of sulfone groups is 1. The zero-order valence-electron chi connectivity index (χ0n) is 11.8. The first-order valence-corrected chi connectivity index (χ1v) is 8.53. The van der Waals surface area contributed by atoms with Crippen molar-refractivity contribution in [1.82, 2.24) is 5.32 Å². The number of amides is 1. The molecule has 1 aromatic carbocycles. The highest BCUT2D eigenvalue weighted by Gasteiger charge is 2.24. The highest BCUT2D eigenvalue weighted by atomic mass is 32.2. The molecule has 1 amide bonds. The molecule has 0 atom stereocenters. The first kappa shape index (κ1) is 14.8. The summed E-state index contributed by atoms with van der Waals surface area (Å²) in [5.41, 5.74) is 2.60. The first-order valence-electron chi connectivity index (χ1n) is 6.71. The van der Waals surface area contributed by atoms with Gasteiger partial charge in [-0.1, -0.05) is 0 Å². The van der Waals surface area contributed by atoms with Gasteiger partial charge in [-0.05, 0) is 43.5 Å². The van der Waals surface area contributed by atoms with Gasteiger partial charge in [-0.3, -0.25) is 4.79 Å². The van der Waals surface area contributed by atoms with Crippen molar-refractivity contribution in [2.45, 2.75) is 25.8 Å². The summed E-state index contributed by atoms with van der Waals surface area (Å²) >= 11 is 0. The largest absolute Gasteiger partial charge is 0.388 e. The molecule has 0 saturated carbocycles. The van der Waals surface area contributed by atoms with Crippen molar-refractivity contribution in [1.29, 1.82) is 0 Å². The highest BCUT2D eigenvalue weighted by Crippen LogP contribution is 2.17.